The molecule has 0 aliphatic heterocycles. The van der Waals surface area contributed by atoms with Gasteiger partial charge in [0.1, 0.15) is 0 Å². The van der Waals surface area contributed by atoms with Gasteiger partial charge in [0, 0.05) is 0 Å². The molecule has 0 amide bonds. The van der Waals surface area contributed by atoms with Gasteiger partial charge < -0.3 is 0 Å². The molecule has 0 fully saturated rings. The molecule has 25 heavy (non-hydrogen) atoms. The molecule has 137 valence electrons. The number of rotatable bonds is 2. The van der Waals surface area contributed by atoms with Crippen molar-refractivity contribution in [2.45, 2.75) is 41.5 Å². The summed E-state index contributed by atoms with van der Waals surface area (Å²) in [6.07, 6.45) is 4.33. The van der Waals surface area contributed by atoms with Crippen LogP contribution < -0.4 is 0 Å². The van der Waals surface area contributed by atoms with Gasteiger partial charge in [-0.1, -0.05) is 0 Å². The van der Waals surface area contributed by atoms with Crippen LogP contribution in [-0.4, -0.2) is 9.13 Å². The summed E-state index contributed by atoms with van der Waals surface area (Å²) in [6, 6.07) is 9.01. The average molecular weight is 538 g/mol. The van der Waals surface area contributed by atoms with Crippen LogP contribution in [0.1, 0.15) is 33.4 Å². The van der Waals surface area contributed by atoms with E-state index in [1.54, 1.807) is 0 Å². The van der Waals surface area contributed by atoms with Crippen LogP contribution in [0.4, 0.5) is 0 Å². The zero-order chi connectivity index (χ0) is 17.6. The second-order valence-electron chi connectivity index (χ2n) is 6.77. The van der Waals surface area contributed by atoms with E-state index in [0.717, 1.165) is 0 Å². The van der Waals surface area contributed by atoms with E-state index >= 15 is 0 Å². The van der Waals surface area contributed by atoms with Gasteiger partial charge in [-0.25, -0.2) is 0 Å². The summed E-state index contributed by atoms with van der Waals surface area (Å²) >= 11 is 2.68. The summed E-state index contributed by atoms with van der Waals surface area (Å²) in [4.78, 5) is 0. The van der Waals surface area contributed by atoms with Crippen molar-refractivity contribution in [1.29, 1.82) is 0 Å². The van der Waals surface area contributed by atoms with Gasteiger partial charge in [0.25, 0.3) is 0 Å². The number of benzene rings is 2. The molecule has 0 spiro atoms. The first kappa shape index (κ1) is 20.0. The molecular weight excluding hydrogens is 513 g/mol. The van der Waals surface area contributed by atoms with Crippen LogP contribution in [0.5, 0.6) is 0 Å². The van der Waals surface area contributed by atoms with Crippen molar-refractivity contribution >= 4 is 12.4 Å². The molecule has 0 aliphatic carbocycles. The zero-order valence-corrected chi connectivity index (χ0v) is 18.6. The van der Waals surface area contributed by atoms with Crippen molar-refractivity contribution in [2.75, 3.05) is 0 Å². The topological polar surface area (TPSA) is 9.86 Å². The molecule has 4 heteroatoms. The molecule has 0 bridgehead atoms. The molecule has 0 radical (unpaired) electrons. The van der Waals surface area contributed by atoms with Crippen LogP contribution in [0.25, 0.3) is 11.4 Å². The Morgan fingerprint density at radius 2 is 0.880 bits per heavy atom. The molecule has 0 saturated carbocycles. The van der Waals surface area contributed by atoms with E-state index in [-0.39, 0.29) is 12.4 Å². The van der Waals surface area contributed by atoms with Gasteiger partial charge in [0.15, 0.2) is 0 Å². The Bertz CT molecular complexity index is 871. The number of aromatic nitrogens is 2. The Labute approximate surface area is 168 Å². The minimum atomic E-state index is 0. The van der Waals surface area contributed by atoms with Crippen LogP contribution >= 0.6 is 12.4 Å². The molecule has 3 rings (SSSR count). The summed E-state index contributed by atoms with van der Waals surface area (Å²) in [5, 5.41) is 0. The fourth-order valence-corrected chi connectivity index (χ4v) is 4.59. The number of hydrogen-bond acceptors (Lipinski definition) is 0. The summed E-state index contributed by atoms with van der Waals surface area (Å²) in [7, 11) is 0. The van der Waals surface area contributed by atoms with Crippen LogP contribution in [0.2, 0.25) is 0 Å². The maximum Gasteiger partial charge on any atom is -0.147 e. The SMILES string of the molecule is Cc1cc(C)c(-n2ccn(-c3c(C)cc(C)cc3C)[c]2=[Au])c(C)c1.Cl. The summed E-state index contributed by atoms with van der Waals surface area (Å²) < 4.78 is 5.73. The molecular formula is C21H25AuClN2. The molecule has 0 atom stereocenters. The van der Waals surface area contributed by atoms with E-state index in [0.29, 0.717) is 0 Å². The van der Waals surface area contributed by atoms with Crippen molar-refractivity contribution < 1.29 is 20.6 Å². The quantitative estimate of drug-likeness (QED) is 0.376. The number of hydrogen-bond donors (Lipinski definition) is 0. The predicted molar refractivity (Wildman–Crippen MR) is 104 cm³/mol. The maximum absolute atomic E-state index is 2.68. The number of nitrogens with zero attached hydrogens (tertiary/aromatic N) is 2. The first-order valence-corrected chi connectivity index (χ1v) is 9.29. The first-order chi connectivity index (χ1) is 11.3. The van der Waals surface area contributed by atoms with Gasteiger partial charge in [-0.05, 0) is 0 Å². The van der Waals surface area contributed by atoms with Crippen molar-refractivity contribution in [3.05, 3.63) is 73.7 Å². The minimum Gasteiger partial charge on any atom is -0.147 e. The van der Waals surface area contributed by atoms with E-state index in [1.807, 2.05) is 0 Å². The molecule has 0 saturated heterocycles. The zero-order valence-electron chi connectivity index (χ0n) is 15.6. The van der Waals surface area contributed by atoms with Gasteiger partial charge in [0.2, 0.25) is 0 Å². The Morgan fingerprint density at radius 3 is 1.16 bits per heavy atom. The van der Waals surface area contributed by atoms with E-state index < -0.39 is 0 Å². The second-order valence-corrected chi connectivity index (χ2v) is 7.74. The minimum absolute atomic E-state index is 0. The van der Waals surface area contributed by atoms with Crippen molar-refractivity contribution in [3.8, 4) is 11.4 Å². The molecule has 1 aromatic heterocycles. The van der Waals surface area contributed by atoms with Crippen molar-refractivity contribution in [2.24, 2.45) is 0 Å². The van der Waals surface area contributed by atoms with Crippen LogP contribution in [0.15, 0.2) is 36.7 Å². The van der Waals surface area contributed by atoms with E-state index in [4.69, 9.17) is 0 Å². The van der Waals surface area contributed by atoms with Crippen molar-refractivity contribution in [1.82, 2.24) is 9.13 Å². The number of aryl methyl sites for hydroxylation is 6. The van der Waals surface area contributed by atoms with E-state index in [9.17, 15) is 0 Å². The normalized spacial score (nSPS) is 10.7. The Hall–Kier alpha value is -1.32. The van der Waals surface area contributed by atoms with Gasteiger partial charge in [-0.15, -0.1) is 12.4 Å². The first-order valence-electron chi connectivity index (χ1n) is 8.20. The molecule has 0 aliphatic rings. The van der Waals surface area contributed by atoms with Crippen molar-refractivity contribution in [3.63, 3.8) is 0 Å². The molecule has 0 unspecified atom stereocenters. The maximum atomic E-state index is 2.68. The molecule has 2 nitrogen and oxygen atoms in total. The van der Waals surface area contributed by atoms with E-state index in [2.05, 4.69) is 108 Å². The number of halogens is 1. The molecule has 2 aromatic carbocycles. The molecule has 3 aromatic rings. The second kappa shape index (κ2) is 7.51. The monoisotopic (exact) mass is 537 g/mol. The van der Waals surface area contributed by atoms with E-state index in [1.165, 1.54) is 48.4 Å². The van der Waals surface area contributed by atoms with Gasteiger partial charge >= 0.3 is 156 Å². The standard InChI is InChI=1S/C21H24N2.Au.ClH/c1-14-9-16(3)20(17(4)10-14)22-7-8-23(13-22)21-18(5)11-15(2)12-19(21)6;;/h7-12H,1-6H3;;1H. The van der Waals surface area contributed by atoms with Gasteiger partial charge in [-0.3, -0.25) is 0 Å². The Kier molecular flexibility index (Phi) is 6.01. The van der Waals surface area contributed by atoms with Crippen LogP contribution in [0, 0.1) is 45.2 Å². The summed E-state index contributed by atoms with van der Waals surface area (Å²) in [6.45, 7) is 13.1. The third kappa shape index (κ3) is 3.63. The fourth-order valence-electron chi connectivity index (χ4n) is 3.78. The average Bonchev–Trinajstić information content (AvgIpc) is 2.79. The Balaban J connectivity index is 0.00000225. The predicted octanol–water partition coefficient (Wildman–Crippen LogP) is 5.62. The number of imidazole rings is 1. The largest absolute Gasteiger partial charge is 0.147 e. The third-order valence-corrected chi connectivity index (χ3v) is 5.52. The molecule has 0 N–H and O–H groups in total. The van der Waals surface area contributed by atoms with Gasteiger partial charge in [0.05, 0.1) is 0 Å². The summed E-state index contributed by atoms with van der Waals surface area (Å²) in [5.74, 6) is 0. The third-order valence-electron chi connectivity index (χ3n) is 4.48. The Morgan fingerprint density at radius 1 is 0.600 bits per heavy atom. The van der Waals surface area contributed by atoms with Crippen LogP contribution in [-0.2, 0) is 20.6 Å². The van der Waals surface area contributed by atoms with Crippen LogP contribution in [0.3, 0.4) is 0 Å². The fraction of sp³-hybridized carbons (Fsp3) is 0.286. The smallest absolute Gasteiger partial charge is 0.147 e. The summed E-state index contributed by atoms with van der Waals surface area (Å²) in [5.41, 5.74) is 10.4. The molecule has 1 heterocycles. The van der Waals surface area contributed by atoms with Gasteiger partial charge in [-0.2, -0.15) is 0 Å².